The van der Waals surface area contributed by atoms with Gasteiger partial charge in [0.25, 0.3) is 0 Å². The van der Waals surface area contributed by atoms with E-state index in [2.05, 4.69) is 25.6 Å². The fraction of sp³-hybridized carbons (Fsp3) is 0.188. The Morgan fingerprint density at radius 2 is 1.88 bits per heavy atom. The summed E-state index contributed by atoms with van der Waals surface area (Å²) in [7, 11) is 0. The Morgan fingerprint density at radius 1 is 1.04 bits per heavy atom. The minimum atomic E-state index is 0.115. The Kier molecular flexibility index (Phi) is 4.53. The maximum atomic E-state index is 6.01. The first-order valence-corrected chi connectivity index (χ1v) is 8.86. The molecule has 1 aromatic carbocycles. The number of rotatable bonds is 5. The van der Waals surface area contributed by atoms with E-state index in [0.29, 0.717) is 37.4 Å². The Labute approximate surface area is 153 Å². The molecule has 0 unspecified atom stereocenters. The van der Waals surface area contributed by atoms with Gasteiger partial charge in [-0.3, -0.25) is 0 Å². The number of ether oxygens (including phenoxy) is 2. The molecular formula is C16H14ClN5O2S. The molecule has 2 aromatic heterocycles. The summed E-state index contributed by atoms with van der Waals surface area (Å²) in [6.45, 7) is 1.72. The van der Waals surface area contributed by atoms with Crippen LogP contribution in [0, 0.1) is 0 Å². The van der Waals surface area contributed by atoms with E-state index in [9.17, 15) is 0 Å². The van der Waals surface area contributed by atoms with Crippen molar-refractivity contribution in [1.82, 2.24) is 15.0 Å². The van der Waals surface area contributed by atoms with Crippen LogP contribution in [0.3, 0.4) is 0 Å². The molecule has 0 bridgehead atoms. The third kappa shape index (κ3) is 3.92. The molecule has 9 heteroatoms. The molecule has 7 nitrogen and oxygen atoms in total. The zero-order valence-corrected chi connectivity index (χ0v) is 14.6. The second-order valence-corrected chi connectivity index (χ2v) is 6.54. The van der Waals surface area contributed by atoms with Gasteiger partial charge in [-0.05, 0) is 35.2 Å². The van der Waals surface area contributed by atoms with E-state index in [1.54, 1.807) is 11.3 Å². The topological polar surface area (TPSA) is 81.2 Å². The number of anilines is 3. The standard InChI is InChI=1S/C16H14ClN5O2S/c17-14-20-15(18-9-11-2-1-7-25-11)22-16(21-14)19-10-3-4-12-13(8-10)24-6-5-23-12/h1-4,7-8H,5-6,9H2,(H2,18,19,20,21,22). The van der Waals surface area contributed by atoms with Crippen LogP contribution in [-0.4, -0.2) is 28.2 Å². The normalized spacial score (nSPS) is 12.7. The Morgan fingerprint density at radius 3 is 2.72 bits per heavy atom. The van der Waals surface area contributed by atoms with Crippen LogP contribution in [0.2, 0.25) is 5.28 Å². The Balaban J connectivity index is 1.50. The second kappa shape index (κ2) is 7.12. The van der Waals surface area contributed by atoms with Crippen molar-refractivity contribution in [2.45, 2.75) is 6.54 Å². The van der Waals surface area contributed by atoms with Gasteiger partial charge in [0.15, 0.2) is 11.5 Å². The molecule has 1 aliphatic heterocycles. The van der Waals surface area contributed by atoms with Crippen LogP contribution in [0.5, 0.6) is 11.5 Å². The number of aromatic nitrogens is 3. The average Bonchev–Trinajstić information content (AvgIpc) is 3.13. The third-order valence-electron chi connectivity index (χ3n) is 3.41. The van der Waals surface area contributed by atoms with Crippen LogP contribution in [-0.2, 0) is 6.54 Å². The molecule has 1 aliphatic rings. The quantitative estimate of drug-likeness (QED) is 0.703. The molecule has 0 amide bonds. The minimum absolute atomic E-state index is 0.115. The number of hydrogen-bond donors (Lipinski definition) is 2. The molecule has 0 aliphatic carbocycles. The first kappa shape index (κ1) is 15.9. The van der Waals surface area contributed by atoms with Gasteiger partial charge in [-0.2, -0.15) is 15.0 Å². The summed E-state index contributed by atoms with van der Waals surface area (Å²) < 4.78 is 11.1. The van der Waals surface area contributed by atoms with Gasteiger partial charge in [-0.25, -0.2) is 0 Å². The van der Waals surface area contributed by atoms with Crippen LogP contribution in [0.25, 0.3) is 0 Å². The van der Waals surface area contributed by atoms with Crippen LogP contribution < -0.4 is 20.1 Å². The molecule has 3 heterocycles. The molecule has 128 valence electrons. The summed E-state index contributed by atoms with van der Waals surface area (Å²) in [5.41, 5.74) is 0.774. The number of benzene rings is 1. The predicted molar refractivity (Wildman–Crippen MR) is 97.2 cm³/mol. The van der Waals surface area contributed by atoms with Crippen molar-refractivity contribution >= 4 is 40.5 Å². The fourth-order valence-corrected chi connectivity index (χ4v) is 3.12. The lowest BCUT2D eigenvalue weighted by molar-refractivity contribution is 0.171. The van der Waals surface area contributed by atoms with Gasteiger partial charge in [-0.15, -0.1) is 11.3 Å². The Bertz CT molecular complexity index is 875. The summed E-state index contributed by atoms with van der Waals surface area (Å²) in [4.78, 5) is 13.7. The molecule has 0 radical (unpaired) electrons. The molecule has 0 spiro atoms. The van der Waals surface area contributed by atoms with E-state index >= 15 is 0 Å². The van der Waals surface area contributed by atoms with Crippen molar-refractivity contribution in [3.63, 3.8) is 0 Å². The van der Waals surface area contributed by atoms with Crippen LogP contribution in [0.4, 0.5) is 17.6 Å². The summed E-state index contributed by atoms with van der Waals surface area (Å²) >= 11 is 7.67. The van der Waals surface area contributed by atoms with E-state index in [4.69, 9.17) is 21.1 Å². The number of nitrogens with zero attached hydrogens (tertiary/aromatic N) is 3. The monoisotopic (exact) mass is 375 g/mol. The smallest absolute Gasteiger partial charge is 0.233 e. The summed E-state index contributed by atoms with van der Waals surface area (Å²) in [5.74, 6) is 2.18. The highest BCUT2D eigenvalue weighted by Gasteiger charge is 2.13. The molecule has 3 aromatic rings. The molecule has 2 N–H and O–H groups in total. The minimum Gasteiger partial charge on any atom is -0.486 e. The van der Waals surface area contributed by atoms with Gasteiger partial charge in [-0.1, -0.05) is 6.07 Å². The predicted octanol–water partition coefficient (Wildman–Crippen LogP) is 3.71. The first-order chi connectivity index (χ1) is 12.3. The van der Waals surface area contributed by atoms with Crippen molar-refractivity contribution in [3.05, 3.63) is 45.9 Å². The lowest BCUT2D eigenvalue weighted by Gasteiger charge is -2.19. The Hall–Kier alpha value is -2.58. The summed E-state index contributed by atoms with van der Waals surface area (Å²) in [6, 6.07) is 9.58. The van der Waals surface area contributed by atoms with Crippen LogP contribution >= 0.6 is 22.9 Å². The maximum Gasteiger partial charge on any atom is 0.233 e. The largest absolute Gasteiger partial charge is 0.486 e. The van der Waals surface area contributed by atoms with Crippen molar-refractivity contribution < 1.29 is 9.47 Å². The molecule has 0 atom stereocenters. The van der Waals surface area contributed by atoms with Gasteiger partial charge in [0.05, 0.1) is 6.54 Å². The average molecular weight is 376 g/mol. The highest BCUT2D eigenvalue weighted by atomic mass is 35.5. The van der Waals surface area contributed by atoms with Gasteiger partial charge in [0.2, 0.25) is 17.2 Å². The first-order valence-electron chi connectivity index (χ1n) is 7.61. The zero-order valence-electron chi connectivity index (χ0n) is 13.0. The molecule has 0 saturated carbocycles. The van der Waals surface area contributed by atoms with Gasteiger partial charge >= 0.3 is 0 Å². The van der Waals surface area contributed by atoms with Gasteiger partial charge in [0, 0.05) is 16.6 Å². The highest BCUT2D eigenvalue weighted by Crippen LogP contribution is 2.33. The molecule has 0 saturated heterocycles. The van der Waals surface area contributed by atoms with E-state index < -0.39 is 0 Å². The number of hydrogen-bond acceptors (Lipinski definition) is 8. The lowest BCUT2D eigenvalue weighted by atomic mass is 10.2. The SMILES string of the molecule is Clc1nc(NCc2cccs2)nc(Nc2ccc3c(c2)OCCO3)n1. The summed E-state index contributed by atoms with van der Waals surface area (Å²) in [6.07, 6.45) is 0. The molecular weight excluding hydrogens is 362 g/mol. The lowest BCUT2D eigenvalue weighted by Crippen LogP contribution is -2.15. The van der Waals surface area contributed by atoms with Gasteiger partial charge < -0.3 is 20.1 Å². The van der Waals surface area contributed by atoms with Crippen molar-refractivity contribution in [3.8, 4) is 11.5 Å². The number of thiophene rings is 1. The van der Waals surface area contributed by atoms with Crippen molar-refractivity contribution in [2.24, 2.45) is 0 Å². The molecule has 0 fully saturated rings. The van der Waals surface area contributed by atoms with Crippen molar-refractivity contribution in [1.29, 1.82) is 0 Å². The number of halogens is 1. The fourth-order valence-electron chi connectivity index (χ4n) is 2.31. The zero-order chi connectivity index (χ0) is 17.1. The molecule has 4 rings (SSSR count). The maximum absolute atomic E-state index is 6.01. The van der Waals surface area contributed by atoms with Crippen LogP contribution in [0.15, 0.2) is 35.7 Å². The summed E-state index contributed by atoms with van der Waals surface area (Å²) in [5, 5.41) is 8.39. The number of nitrogens with one attached hydrogen (secondary N) is 2. The number of fused-ring (bicyclic) bond motifs is 1. The van der Waals surface area contributed by atoms with Gasteiger partial charge in [0.1, 0.15) is 13.2 Å². The van der Waals surface area contributed by atoms with E-state index in [1.165, 1.54) is 4.88 Å². The third-order valence-corrected chi connectivity index (χ3v) is 4.45. The molecule has 25 heavy (non-hydrogen) atoms. The van der Waals surface area contributed by atoms with E-state index in [0.717, 1.165) is 11.4 Å². The van der Waals surface area contributed by atoms with Crippen molar-refractivity contribution in [2.75, 3.05) is 23.8 Å². The van der Waals surface area contributed by atoms with E-state index in [-0.39, 0.29) is 5.28 Å². The van der Waals surface area contributed by atoms with Crippen LogP contribution in [0.1, 0.15) is 4.88 Å². The second-order valence-electron chi connectivity index (χ2n) is 5.17. The van der Waals surface area contributed by atoms with E-state index in [1.807, 2.05) is 35.7 Å². The highest BCUT2D eigenvalue weighted by molar-refractivity contribution is 7.09.